The molecule has 3 N–H and O–H groups in total. The van der Waals surface area contributed by atoms with Gasteiger partial charge in [-0.2, -0.15) is 5.26 Å². The predicted molar refractivity (Wildman–Crippen MR) is 119 cm³/mol. The fourth-order valence-corrected chi connectivity index (χ4v) is 3.11. The zero-order chi connectivity index (χ0) is 21.9. The van der Waals surface area contributed by atoms with Crippen molar-refractivity contribution in [2.24, 2.45) is 11.1 Å². The second-order valence-electron chi connectivity index (χ2n) is 7.67. The Balaban J connectivity index is 0.000000806. The van der Waals surface area contributed by atoms with Crippen molar-refractivity contribution in [3.8, 4) is 17.2 Å². The van der Waals surface area contributed by atoms with Gasteiger partial charge in [0.1, 0.15) is 5.65 Å². The number of anilines is 1. The molecule has 4 aromatic heterocycles. The van der Waals surface area contributed by atoms with E-state index in [1.54, 1.807) is 0 Å². The standard InChI is InChI=1S/C20H21N7.C2H5N/c1-13-9-22-17-6-5-15(10-26(13)17)16-7-8-27-18(16)14(2)24-19(25-27)23-12-20(3,4)11-21;1-2-3/h5-10H,12H2,1-4H3,(H,23,25);2H,1,3H2. The number of nitriles is 1. The Labute approximate surface area is 175 Å². The van der Waals surface area contributed by atoms with Gasteiger partial charge in [-0.1, -0.05) is 6.58 Å². The van der Waals surface area contributed by atoms with Gasteiger partial charge in [0.25, 0.3) is 0 Å². The van der Waals surface area contributed by atoms with Gasteiger partial charge in [-0.05, 0) is 52.1 Å². The zero-order valence-electron chi connectivity index (χ0n) is 17.7. The van der Waals surface area contributed by atoms with Crippen LogP contribution in [0.2, 0.25) is 0 Å². The van der Waals surface area contributed by atoms with Crippen LogP contribution in [0.25, 0.3) is 22.3 Å². The monoisotopic (exact) mass is 402 g/mol. The minimum atomic E-state index is -0.480. The Morgan fingerprint density at radius 1 is 1.30 bits per heavy atom. The quantitative estimate of drug-likeness (QED) is 0.538. The third-order valence-corrected chi connectivity index (χ3v) is 4.68. The van der Waals surface area contributed by atoms with E-state index in [-0.39, 0.29) is 0 Å². The van der Waals surface area contributed by atoms with E-state index in [1.807, 2.05) is 56.7 Å². The van der Waals surface area contributed by atoms with E-state index >= 15 is 0 Å². The molecule has 4 aromatic rings. The number of aromatic nitrogens is 5. The molecule has 0 saturated carbocycles. The van der Waals surface area contributed by atoms with Crippen LogP contribution >= 0.6 is 0 Å². The third-order valence-electron chi connectivity index (χ3n) is 4.68. The summed E-state index contributed by atoms with van der Waals surface area (Å²) < 4.78 is 3.92. The van der Waals surface area contributed by atoms with E-state index < -0.39 is 5.41 Å². The fourth-order valence-electron chi connectivity index (χ4n) is 3.11. The summed E-state index contributed by atoms with van der Waals surface area (Å²) in [4.78, 5) is 8.98. The highest BCUT2D eigenvalue weighted by Gasteiger charge is 2.18. The SMILES string of the molecule is C=CN.Cc1nc(NCC(C)(C)C#N)nn2ccc(-c3ccc4ncc(C)n4c3)c12. The molecule has 30 heavy (non-hydrogen) atoms. The Kier molecular flexibility index (Phi) is 5.74. The van der Waals surface area contributed by atoms with Crippen molar-refractivity contribution in [3.05, 3.63) is 61.0 Å². The zero-order valence-corrected chi connectivity index (χ0v) is 17.7. The summed E-state index contributed by atoms with van der Waals surface area (Å²) in [6.07, 6.45) is 7.14. The van der Waals surface area contributed by atoms with Gasteiger partial charge in [0.05, 0.1) is 22.7 Å². The summed E-state index contributed by atoms with van der Waals surface area (Å²) in [5, 5.41) is 16.9. The van der Waals surface area contributed by atoms with Gasteiger partial charge in [-0.25, -0.2) is 14.5 Å². The minimum absolute atomic E-state index is 0.480. The number of nitrogens with zero attached hydrogens (tertiary/aromatic N) is 6. The van der Waals surface area contributed by atoms with Crippen molar-refractivity contribution in [2.75, 3.05) is 11.9 Å². The van der Waals surface area contributed by atoms with Crippen LogP contribution in [0.3, 0.4) is 0 Å². The molecular weight excluding hydrogens is 376 g/mol. The molecule has 0 aliphatic rings. The number of imidazole rings is 1. The third kappa shape index (κ3) is 4.10. The topological polar surface area (TPSA) is 109 Å². The first kappa shape index (κ1) is 20.9. The molecule has 0 saturated heterocycles. The lowest BCUT2D eigenvalue weighted by atomic mass is 9.96. The molecule has 0 atom stereocenters. The van der Waals surface area contributed by atoms with Gasteiger partial charge < -0.3 is 15.5 Å². The van der Waals surface area contributed by atoms with E-state index in [0.29, 0.717) is 12.5 Å². The van der Waals surface area contributed by atoms with Gasteiger partial charge in [0.15, 0.2) is 0 Å². The number of hydrogen-bond donors (Lipinski definition) is 2. The van der Waals surface area contributed by atoms with Crippen molar-refractivity contribution in [3.63, 3.8) is 0 Å². The molecule has 4 rings (SSSR count). The number of pyridine rings is 1. The van der Waals surface area contributed by atoms with Crippen LogP contribution < -0.4 is 11.1 Å². The molecule has 8 nitrogen and oxygen atoms in total. The second kappa shape index (κ2) is 8.25. The van der Waals surface area contributed by atoms with Crippen LogP contribution in [0.1, 0.15) is 25.2 Å². The Hall–Kier alpha value is -3.86. The predicted octanol–water partition coefficient (Wildman–Crippen LogP) is 3.71. The van der Waals surface area contributed by atoms with Gasteiger partial charge in [0, 0.05) is 42.0 Å². The Bertz CT molecular complexity index is 1240. The van der Waals surface area contributed by atoms with E-state index in [4.69, 9.17) is 5.26 Å². The highest BCUT2D eigenvalue weighted by molar-refractivity contribution is 5.82. The molecule has 0 unspecified atom stereocenters. The molecule has 0 aliphatic carbocycles. The van der Waals surface area contributed by atoms with Crippen molar-refractivity contribution in [1.82, 2.24) is 24.0 Å². The fraction of sp³-hybridized carbons (Fsp3) is 0.273. The first-order valence-corrected chi connectivity index (χ1v) is 9.57. The number of fused-ring (bicyclic) bond motifs is 2. The molecule has 0 fully saturated rings. The maximum absolute atomic E-state index is 9.16. The van der Waals surface area contributed by atoms with Crippen LogP contribution in [0, 0.1) is 30.6 Å². The molecule has 8 heteroatoms. The number of hydrogen-bond acceptors (Lipinski definition) is 6. The molecule has 0 amide bonds. The lowest BCUT2D eigenvalue weighted by molar-refractivity contribution is 0.526. The summed E-state index contributed by atoms with van der Waals surface area (Å²) in [6.45, 7) is 11.4. The highest BCUT2D eigenvalue weighted by Crippen LogP contribution is 2.28. The maximum Gasteiger partial charge on any atom is 0.241 e. The number of nitrogens with two attached hydrogens (primary N) is 1. The van der Waals surface area contributed by atoms with E-state index in [2.05, 4.69) is 55.4 Å². The average molecular weight is 403 g/mol. The molecule has 0 bridgehead atoms. The van der Waals surface area contributed by atoms with E-state index in [1.165, 1.54) is 6.20 Å². The first-order valence-electron chi connectivity index (χ1n) is 9.57. The van der Waals surface area contributed by atoms with E-state index in [9.17, 15) is 0 Å². The summed E-state index contributed by atoms with van der Waals surface area (Å²) >= 11 is 0. The number of rotatable bonds is 4. The van der Waals surface area contributed by atoms with Crippen molar-refractivity contribution < 1.29 is 0 Å². The molecule has 154 valence electrons. The van der Waals surface area contributed by atoms with Crippen LogP contribution in [-0.2, 0) is 0 Å². The molecule has 0 aliphatic heterocycles. The lowest BCUT2D eigenvalue weighted by Gasteiger charge is -2.16. The van der Waals surface area contributed by atoms with Crippen LogP contribution in [0.15, 0.2) is 49.6 Å². The Morgan fingerprint density at radius 3 is 2.73 bits per heavy atom. The van der Waals surface area contributed by atoms with Crippen LogP contribution in [0.5, 0.6) is 0 Å². The minimum Gasteiger partial charge on any atom is -0.405 e. The van der Waals surface area contributed by atoms with Gasteiger partial charge in [-0.15, -0.1) is 5.10 Å². The van der Waals surface area contributed by atoms with Crippen LogP contribution in [-0.4, -0.2) is 30.5 Å². The normalized spacial score (nSPS) is 11.0. The maximum atomic E-state index is 9.16. The summed E-state index contributed by atoms with van der Waals surface area (Å²) in [5.74, 6) is 0.520. The smallest absolute Gasteiger partial charge is 0.241 e. The lowest BCUT2D eigenvalue weighted by Crippen LogP contribution is -2.22. The number of nitrogens with one attached hydrogen (secondary N) is 1. The van der Waals surface area contributed by atoms with Gasteiger partial charge in [-0.3, -0.25) is 0 Å². The molecule has 0 aromatic carbocycles. The molecular formula is C22H26N8. The summed E-state index contributed by atoms with van der Waals surface area (Å²) in [7, 11) is 0. The van der Waals surface area contributed by atoms with E-state index in [0.717, 1.165) is 33.7 Å². The summed E-state index contributed by atoms with van der Waals surface area (Å²) in [6, 6.07) is 8.41. The van der Waals surface area contributed by atoms with Crippen molar-refractivity contribution >= 4 is 17.1 Å². The average Bonchev–Trinajstić information content (AvgIpc) is 3.31. The number of aryl methyl sites for hydroxylation is 2. The van der Waals surface area contributed by atoms with Crippen molar-refractivity contribution in [1.29, 1.82) is 5.26 Å². The largest absolute Gasteiger partial charge is 0.405 e. The molecule has 4 heterocycles. The highest BCUT2D eigenvalue weighted by atomic mass is 15.3. The first-order chi connectivity index (χ1) is 14.3. The van der Waals surface area contributed by atoms with Crippen molar-refractivity contribution in [2.45, 2.75) is 27.7 Å². The molecule has 0 spiro atoms. The van der Waals surface area contributed by atoms with Gasteiger partial charge in [0.2, 0.25) is 5.95 Å². The second-order valence-corrected chi connectivity index (χ2v) is 7.67. The van der Waals surface area contributed by atoms with Gasteiger partial charge >= 0.3 is 0 Å². The Morgan fingerprint density at radius 2 is 2.03 bits per heavy atom. The van der Waals surface area contributed by atoms with Crippen LogP contribution in [0.4, 0.5) is 5.95 Å². The summed E-state index contributed by atoms with van der Waals surface area (Å²) in [5.41, 5.74) is 10.2. The molecule has 0 radical (unpaired) electrons.